The lowest BCUT2D eigenvalue weighted by atomic mass is 9.81. The fourth-order valence-corrected chi connectivity index (χ4v) is 3.21. The molecule has 1 fully saturated rings. The number of carbonyl (C=O) groups is 1. The van der Waals surface area contributed by atoms with Crippen LogP contribution in [0.25, 0.3) is 0 Å². The van der Waals surface area contributed by atoms with Gasteiger partial charge in [0, 0.05) is 24.4 Å². The molecule has 0 aliphatic carbocycles. The topological polar surface area (TPSA) is 20.3 Å². The zero-order valence-electron chi connectivity index (χ0n) is 13.1. The third-order valence-electron chi connectivity index (χ3n) is 4.26. The predicted octanol–water partition coefficient (Wildman–Crippen LogP) is 4.99. The summed E-state index contributed by atoms with van der Waals surface area (Å²) in [4.78, 5) is 14.5. The molecule has 1 aromatic carbocycles. The molecule has 1 amide bonds. The summed E-state index contributed by atoms with van der Waals surface area (Å²) in [5.41, 5.74) is 0.839. The summed E-state index contributed by atoms with van der Waals surface area (Å²) in [7, 11) is 0. The average Bonchev–Trinajstić information content (AvgIpc) is 2.41. The van der Waals surface area contributed by atoms with Crippen LogP contribution in [0.15, 0.2) is 18.2 Å². The molecule has 116 valence electrons. The minimum atomic E-state index is -0.331. The molecule has 0 bridgehead atoms. The molecule has 1 saturated heterocycles. The molecule has 4 heteroatoms. The van der Waals surface area contributed by atoms with Crippen molar-refractivity contribution in [1.82, 2.24) is 4.90 Å². The van der Waals surface area contributed by atoms with Crippen LogP contribution < -0.4 is 0 Å². The van der Waals surface area contributed by atoms with E-state index in [-0.39, 0.29) is 11.3 Å². The lowest BCUT2D eigenvalue weighted by molar-refractivity contribution is -0.141. The van der Waals surface area contributed by atoms with E-state index in [4.69, 9.17) is 23.2 Å². The molecule has 1 aliphatic rings. The Morgan fingerprint density at radius 1 is 1.24 bits per heavy atom. The molecule has 2 nitrogen and oxygen atoms in total. The van der Waals surface area contributed by atoms with Gasteiger partial charge >= 0.3 is 0 Å². The van der Waals surface area contributed by atoms with Crippen LogP contribution in [-0.4, -0.2) is 23.9 Å². The zero-order valence-corrected chi connectivity index (χ0v) is 14.6. The Bertz CT molecular complexity index is 536. The second kappa shape index (κ2) is 6.18. The van der Waals surface area contributed by atoms with Crippen molar-refractivity contribution in [1.29, 1.82) is 0 Å². The zero-order chi connectivity index (χ0) is 15.8. The van der Waals surface area contributed by atoms with Gasteiger partial charge in [0.25, 0.3) is 0 Å². The highest BCUT2D eigenvalue weighted by atomic mass is 35.5. The summed E-state index contributed by atoms with van der Waals surface area (Å²) < 4.78 is 0. The number of halogens is 2. The maximum absolute atomic E-state index is 12.5. The molecule has 0 aromatic heterocycles. The van der Waals surface area contributed by atoms with E-state index in [0.29, 0.717) is 21.9 Å². The van der Waals surface area contributed by atoms with E-state index in [1.807, 2.05) is 43.9 Å². The van der Waals surface area contributed by atoms with Crippen molar-refractivity contribution in [2.24, 2.45) is 11.3 Å². The molecule has 1 aromatic rings. The lowest BCUT2D eigenvalue weighted by Crippen LogP contribution is -2.46. The van der Waals surface area contributed by atoms with Gasteiger partial charge in [0.15, 0.2) is 0 Å². The fourth-order valence-electron chi connectivity index (χ4n) is 2.91. The van der Waals surface area contributed by atoms with Crippen LogP contribution in [0.4, 0.5) is 0 Å². The first-order valence-electron chi connectivity index (χ1n) is 7.44. The second-order valence-corrected chi connectivity index (χ2v) is 7.86. The van der Waals surface area contributed by atoms with E-state index in [9.17, 15) is 4.79 Å². The van der Waals surface area contributed by atoms with Crippen LogP contribution in [0.2, 0.25) is 10.0 Å². The highest BCUT2D eigenvalue weighted by Gasteiger charge is 2.34. The number of hydrogen-bond acceptors (Lipinski definition) is 1. The molecule has 0 saturated carbocycles. The van der Waals surface area contributed by atoms with Gasteiger partial charge in [0.05, 0.1) is 10.0 Å². The average molecular weight is 328 g/mol. The SMILES string of the molecule is C[C@@H]1CCN(C(=O)C(C)(C)C)C[C@@H]1c1ccc(Cl)c(Cl)c1. The number of rotatable bonds is 1. The van der Waals surface area contributed by atoms with Gasteiger partial charge in [0.2, 0.25) is 5.91 Å². The van der Waals surface area contributed by atoms with Crippen LogP contribution >= 0.6 is 23.2 Å². The molecule has 2 rings (SSSR count). The van der Waals surface area contributed by atoms with Crippen molar-refractivity contribution in [3.8, 4) is 0 Å². The first-order valence-corrected chi connectivity index (χ1v) is 8.20. The number of likely N-dealkylation sites (tertiary alicyclic amines) is 1. The molecule has 0 spiro atoms. The maximum Gasteiger partial charge on any atom is 0.227 e. The summed E-state index contributed by atoms with van der Waals surface area (Å²) >= 11 is 12.1. The molecule has 2 atom stereocenters. The van der Waals surface area contributed by atoms with Crippen LogP contribution in [0, 0.1) is 11.3 Å². The number of hydrogen-bond donors (Lipinski definition) is 0. The van der Waals surface area contributed by atoms with Gasteiger partial charge in [-0.1, -0.05) is 57.0 Å². The number of carbonyl (C=O) groups excluding carboxylic acids is 1. The molecular weight excluding hydrogens is 305 g/mol. The van der Waals surface area contributed by atoms with E-state index in [1.54, 1.807) is 0 Å². The number of amides is 1. The lowest BCUT2D eigenvalue weighted by Gasteiger charge is -2.40. The number of nitrogens with zero attached hydrogens (tertiary/aromatic N) is 1. The number of piperidine rings is 1. The molecular formula is C17H23Cl2NO. The Kier molecular flexibility index (Phi) is 4.89. The van der Waals surface area contributed by atoms with Crippen molar-refractivity contribution in [2.75, 3.05) is 13.1 Å². The van der Waals surface area contributed by atoms with Gasteiger partial charge in [-0.2, -0.15) is 0 Å². The molecule has 0 radical (unpaired) electrons. The summed E-state index contributed by atoms with van der Waals surface area (Å²) in [6.07, 6.45) is 1.02. The number of benzene rings is 1. The summed E-state index contributed by atoms with van der Waals surface area (Å²) in [5.74, 6) is 1.07. The van der Waals surface area contributed by atoms with Crippen LogP contribution in [-0.2, 0) is 4.79 Å². The van der Waals surface area contributed by atoms with E-state index >= 15 is 0 Å². The van der Waals surface area contributed by atoms with Crippen molar-refractivity contribution < 1.29 is 4.79 Å². The van der Waals surface area contributed by atoms with Gasteiger partial charge in [-0.05, 0) is 30.0 Å². The third kappa shape index (κ3) is 3.73. The minimum absolute atomic E-state index is 0.222. The van der Waals surface area contributed by atoms with Gasteiger partial charge in [0.1, 0.15) is 0 Å². The standard InChI is InChI=1S/C17H23Cl2NO/c1-11-7-8-20(16(21)17(2,3)4)10-13(11)12-5-6-14(18)15(19)9-12/h5-6,9,11,13H,7-8,10H2,1-4H3/t11-,13+/m1/s1. The molecule has 21 heavy (non-hydrogen) atoms. The second-order valence-electron chi connectivity index (χ2n) is 7.05. The van der Waals surface area contributed by atoms with Crippen molar-refractivity contribution >= 4 is 29.1 Å². The van der Waals surface area contributed by atoms with E-state index in [1.165, 1.54) is 5.56 Å². The van der Waals surface area contributed by atoms with Crippen LogP contribution in [0.1, 0.15) is 45.6 Å². The molecule has 0 unspecified atom stereocenters. The summed E-state index contributed by atoms with van der Waals surface area (Å²) in [6, 6.07) is 5.81. The third-order valence-corrected chi connectivity index (χ3v) is 5.00. The summed E-state index contributed by atoms with van der Waals surface area (Å²) in [5, 5.41) is 1.16. The van der Waals surface area contributed by atoms with Gasteiger partial charge in [-0.25, -0.2) is 0 Å². The highest BCUT2D eigenvalue weighted by Crippen LogP contribution is 2.36. The normalized spacial score (nSPS) is 23.2. The first kappa shape index (κ1) is 16.6. The summed E-state index contributed by atoms with van der Waals surface area (Å²) in [6.45, 7) is 9.76. The maximum atomic E-state index is 12.5. The van der Waals surface area contributed by atoms with Crippen molar-refractivity contribution in [2.45, 2.75) is 40.0 Å². The van der Waals surface area contributed by atoms with E-state index < -0.39 is 0 Å². The van der Waals surface area contributed by atoms with Crippen LogP contribution in [0.3, 0.4) is 0 Å². The monoisotopic (exact) mass is 327 g/mol. The first-order chi connectivity index (χ1) is 9.70. The Hall–Kier alpha value is -0.730. The molecule has 1 aliphatic heterocycles. The van der Waals surface area contributed by atoms with Gasteiger partial charge in [-0.15, -0.1) is 0 Å². The van der Waals surface area contributed by atoms with E-state index in [2.05, 4.69) is 6.92 Å². The Morgan fingerprint density at radius 3 is 2.48 bits per heavy atom. The van der Waals surface area contributed by atoms with Crippen molar-refractivity contribution in [3.05, 3.63) is 33.8 Å². The molecule has 1 heterocycles. The highest BCUT2D eigenvalue weighted by molar-refractivity contribution is 6.42. The minimum Gasteiger partial charge on any atom is -0.342 e. The predicted molar refractivity (Wildman–Crippen MR) is 89.0 cm³/mol. The van der Waals surface area contributed by atoms with Crippen LogP contribution in [0.5, 0.6) is 0 Å². The van der Waals surface area contributed by atoms with Gasteiger partial charge < -0.3 is 4.90 Å². The Morgan fingerprint density at radius 2 is 1.90 bits per heavy atom. The van der Waals surface area contributed by atoms with Crippen molar-refractivity contribution in [3.63, 3.8) is 0 Å². The van der Waals surface area contributed by atoms with Gasteiger partial charge in [-0.3, -0.25) is 4.79 Å². The largest absolute Gasteiger partial charge is 0.342 e. The fraction of sp³-hybridized carbons (Fsp3) is 0.588. The smallest absolute Gasteiger partial charge is 0.227 e. The Balaban J connectivity index is 2.22. The Labute approximate surface area is 137 Å². The molecule has 0 N–H and O–H groups in total. The van der Waals surface area contributed by atoms with E-state index in [0.717, 1.165) is 19.5 Å². The quantitative estimate of drug-likeness (QED) is 0.711.